The molecule has 0 aliphatic carbocycles. The van der Waals surface area contributed by atoms with Crippen LogP contribution in [0.1, 0.15) is 6.42 Å². The number of hydrogen-bond donors (Lipinski definition) is 0. The summed E-state index contributed by atoms with van der Waals surface area (Å²) in [6, 6.07) is 0. The fraction of sp³-hybridized carbons (Fsp3) is 0.750. The van der Waals surface area contributed by atoms with Crippen molar-refractivity contribution in [3.63, 3.8) is 0 Å². The Morgan fingerprint density at radius 2 is 2.43 bits per heavy atom. The van der Waals surface area contributed by atoms with Gasteiger partial charge >= 0.3 is 0 Å². The van der Waals surface area contributed by atoms with Crippen molar-refractivity contribution in [2.45, 2.75) is 12.7 Å². The van der Waals surface area contributed by atoms with Gasteiger partial charge in [-0.05, 0) is 0 Å². The lowest BCUT2D eigenvalue weighted by molar-refractivity contribution is -0.317. The molecule has 1 saturated heterocycles. The van der Waals surface area contributed by atoms with Crippen LogP contribution in [0, 0.1) is 0 Å². The molecule has 7 heavy (non-hydrogen) atoms. The van der Waals surface area contributed by atoms with E-state index in [1.807, 2.05) is 0 Å². The Kier molecular flexibility index (Phi) is 1.38. The van der Waals surface area contributed by atoms with Crippen molar-refractivity contribution < 1.29 is 14.3 Å². The molecule has 1 rings (SSSR count). The molecule has 0 spiro atoms. The quantitative estimate of drug-likeness (QED) is 0.457. The number of carbonyl (C=O) groups is 1. The Labute approximate surface area is 41.2 Å². The Hall–Kier alpha value is -0.410. The first kappa shape index (κ1) is 4.74. The van der Waals surface area contributed by atoms with Gasteiger partial charge in [0.15, 0.2) is 13.1 Å². The summed E-state index contributed by atoms with van der Waals surface area (Å²) in [5, 5.41) is 0. The van der Waals surface area contributed by atoms with E-state index in [-0.39, 0.29) is 6.29 Å². The van der Waals surface area contributed by atoms with Crippen LogP contribution >= 0.6 is 0 Å². The van der Waals surface area contributed by atoms with Crippen LogP contribution in [-0.2, 0) is 14.3 Å². The summed E-state index contributed by atoms with van der Waals surface area (Å²) in [4.78, 5) is 9.65. The van der Waals surface area contributed by atoms with Crippen molar-refractivity contribution in [2.24, 2.45) is 0 Å². The van der Waals surface area contributed by atoms with Gasteiger partial charge in [0.05, 0.1) is 6.42 Å². The molecule has 1 aliphatic rings. The summed E-state index contributed by atoms with van der Waals surface area (Å²) in [6.45, 7) is 0.346. The molecule has 0 unspecified atom stereocenters. The second-order valence-electron chi connectivity index (χ2n) is 1.28. The van der Waals surface area contributed by atoms with E-state index < -0.39 is 0 Å². The molecule has 1 fully saturated rings. The molecule has 3 heteroatoms. The van der Waals surface area contributed by atoms with Gasteiger partial charge in [-0.3, -0.25) is 0 Å². The third-order valence-electron chi connectivity index (χ3n) is 0.797. The molecule has 1 aliphatic heterocycles. The molecule has 0 aromatic carbocycles. The minimum Gasteiger partial charge on any atom is -0.326 e. The van der Waals surface area contributed by atoms with Crippen molar-refractivity contribution in [1.29, 1.82) is 0 Å². The molecule has 0 atom stereocenters. The molecule has 0 aromatic heterocycles. The predicted octanol–water partition coefficient (Wildman–Crippen LogP) is -0.0942. The Balaban J connectivity index is 2.03. The van der Waals surface area contributed by atoms with Crippen LogP contribution in [0.4, 0.5) is 0 Å². The van der Waals surface area contributed by atoms with E-state index in [0.717, 1.165) is 6.29 Å². The molecule has 0 N–H and O–H groups in total. The fourth-order valence-corrected chi connectivity index (χ4v) is 0.379. The molecule has 0 aromatic rings. The van der Waals surface area contributed by atoms with Gasteiger partial charge in [-0.2, -0.15) is 0 Å². The first-order valence-electron chi connectivity index (χ1n) is 2.10. The third-order valence-corrected chi connectivity index (χ3v) is 0.797. The van der Waals surface area contributed by atoms with Gasteiger partial charge in [-0.1, -0.05) is 0 Å². The molecule has 0 amide bonds. The van der Waals surface area contributed by atoms with Gasteiger partial charge in [-0.15, -0.1) is 0 Å². The zero-order chi connectivity index (χ0) is 5.11. The number of hydrogen-bond acceptors (Lipinski definition) is 3. The summed E-state index contributed by atoms with van der Waals surface area (Å²) < 4.78 is 9.44. The maximum Gasteiger partial charge on any atom is 0.169 e. The molecule has 1 heterocycles. The summed E-state index contributed by atoms with van der Waals surface area (Å²) in [5.74, 6) is 0. The second-order valence-corrected chi connectivity index (χ2v) is 1.28. The first-order chi connectivity index (χ1) is 3.43. The van der Waals surface area contributed by atoms with E-state index in [4.69, 9.17) is 9.47 Å². The van der Waals surface area contributed by atoms with Gasteiger partial charge in [-0.25, -0.2) is 0 Å². The molecule has 0 saturated carbocycles. The summed E-state index contributed by atoms with van der Waals surface area (Å²) in [5.41, 5.74) is 0. The van der Waals surface area contributed by atoms with Crippen LogP contribution in [0.2, 0.25) is 0 Å². The zero-order valence-corrected chi connectivity index (χ0v) is 3.79. The van der Waals surface area contributed by atoms with Crippen molar-refractivity contribution in [2.75, 3.05) is 6.79 Å². The van der Waals surface area contributed by atoms with Gasteiger partial charge in [0, 0.05) is 0 Å². The van der Waals surface area contributed by atoms with Crippen molar-refractivity contribution in [1.82, 2.24) is 0 Å². The van der Waals surface area contributed by atoms with E-state index in [2.05, 4.69) is 0 Å². The summed E-state index contributed by atoms with van der Waals surface area (Å²) >= 11 is 0. The highest BCUT2D eigenvalue weighted by atomic mass is 16.8. The minimum atomic E-state index is -0.238. The Morgan fingerprint density at radius 1 is 1.71 bits per heavy atom. The number of ether oxygens (including phenoxy) is 2. The van der Waals surface area contributed by atoms with Crippen LogP contribution in [0.15, 0.2) is 0 Å². The number of rotatable bonds is 2. The van der Waals surface area contributed by atoms with Gasteiger partial charge in [0.2, 0.25) is 0 Å². The molecular formula is C4H6O3. The standard InChI is InChI=1S/C4H6O3/c5-2-1-4-6-3-7-4/h2,4H,1,3H2. The molecular weight excluding hydrogens is 96.0 g/mol. The molecule has 0 bridgehead atoms. The van der Waals surface area contributed by atoms with Gasteiger partial charge < -0.3 is 14.3 Å². The zero-order valence-electron chi connectivity index (χ0n) is 3.79. The SMILES string of the molecule is O=CCC1OCO1. The van der Waals surface area contributed by atoms with E-state index in [1.54, 1.807) is 0 Å². The van der Waals surface area contributed by atoms with E-state index in [0.29, 0.717) is 13.2 Å². The van der Waals surface area contributed by atoms with E-state index >= 15 is 0 Å². The van der Waals surface area contributed by atoms with Crippen LogP contribution in [0.25, 0.3) is 0 Å². The first-order valence-corrected chi connectivity index (χ1v) is 2.10. The Morgan fingerprint density at radius 3 is 2.57 bits per heavy atom. The largest absolute Gasteiger partial charge is 0.326 e. The van der Waals surface area contributed by atoms with E-state index in [9.17, 15) is 4.79 Å². The van der Waals surface area contributed by atoms with Gasteiger partial charge in [0.1, 0.15) is 6.29 Å². The van der Waals surface area contributed by atoms with Crippen LogP contribution in [-0.4, -0.2) is 19.4 Å². The number of carbonyl (C=O) groups excluding carboxylic acids is 1. The summed E-state index contributed by atoms with van der Waals surface area (Å²) in [6.07, 6.45) is 0.904. The molecule has 40 valence electrons. The molecule has 0 radical (unpaired) electrons. The monoisotopic (exact) mass is 102 g/mol. The normalized spacial score (nSPS) is 21.1. The average Bonchev–Trinajstić information content (AvgIpc) is 1.55. The third kappa shape index (κ3) is 0.976. The van der Waals surface area contributed by atoms with E-state index in [1.165, 1.54) is 0 Å². The van der Waals surface area contributed by atoms with Crippen LogP contribution in [0.3, 0.4) is 0 Å². The van der Waals surface area contributed by atoms with Crippen LogP contribution < -0.4 is 0 Å². The smallest absolute Gasteiger partial charge is 0.169 e. The Bertz CT molecular complexity index is 67.3. The highest BCUT2D eigenvalue weighted by Crippen LogP contribution is 2.07. The second kappa shape index (κ2) is 2.04. The predicted molar refractivity (Wildman–Crippen MR) is 21.5 cm³/mol. The maximum absolute atomic E-state index is 9.65. The highest BCUT2D eigenvalue weighted by molar-refractivity contribution is 5.49. The lowest BCUT2D eigenvalue weighted by atomic mass is 10.4. The van der Waals surface area contributed by atoms with Crippen molar-refractivity contribution in [3.8, 4) is 0 Å². The van der Waals surface area contributed by atoms with Gasteiger partial charge in [0.25, 0.3) is 0 Å². The van der Waals surface area contributed by atoms with Crippen LogP contribution in [0.5, 0.6) is 0 Å². The summed E-state index contributed by atoms with van der Waals surface area (Å²) in [7, 11) is 0. The lowest BCUT2D eigenvalue weighted by Gasteiger charge is -2.24. The highest BCUT2D eigenvalue weighted by Gasteiger charge is 2.16. The fourth-order valence-electron chi connectivity index (χ4n) is 0.379. The minimum absolute atomic E-state index is 0.238. The topological polar surface area (TPSA) is 35.5 Å². The molecule has 3 nitrogen and oxygen atoms in total. The van der Waals surface area contributed by atoms with Crippen molar-refractivity contribution >= 4 is 6.29 Å². The average molecular weight is 102 g/mol. The van der Waals surface area contributed by atoms with Crippen molar-refractivity contribution in [3.05, 3.63) is 0 Å². The lowest BCUT2D eigenvalue weighted by Crippen LogP contribution is -2.30. The maximum atomic E-state index is 9.65. The number of aldehydes is 1.